The standard InChI is InChI=1S/C16H25N3O2/c1-12(16(20)18-9-10-21-2)19-15-7-8-17-11-13-5-3-4-6-14(13)15/h3-6,12,15,17,19H,7-11H2,1-2H3,(H,18,20). The van der Waals surface area contributed by atoms with Crippen molar-refractivity contribution in [2.45, 2.75) is 32.0 Å². The van der Waals surface area contributed by atoms with Gasteiger partial charge in [0.15, 0.2) is 0 Å². The molecule has 1 amide bonds. The van der Waals surface area contributed by atoms with Crippen LogP contribution in [0.1, 0.15) is 30.5 Å². The lowest BCUT2D eigenvalue weighted by Crippen LogP contribution is -2.44. The Kier molecular flexibility index (Phi) is 6.17. The average Bonchev–Trinajstić information content (AvgIpc) is 2.70. The second kappa shape index (κ2) is 8.12. The van der Waals surface area contributed by atoms with Crippen LogP contribution >= 0.6 is 0 Å². The lowest BCUT2D eigenvalue weighted by atomic mass is 9.98. The highest BCUT2D eigenvalue weighted by molar-refractivity contribution is 5.81. The van der Waals surface area contributed by atoms with E-state index in [0.717, 1.165) is 19.5 Å². The summed E-state index contributed by atoms with van der Waals surface area (Å²) in [7, 11) is 1.63. The molecule has 0 aromatic heterocycles. The molecule has 0 bridgehead atoms. The number of amides is 1. The molecule has 2 atom stereocenters. The number of nitrogens with one attached hydrogen (secondary N) is 3. The summed E-state index contributed by atoms with van der Waals surface area (Å²) in [5.41, 5.74) is 2.60. The molecule has 1 aliphatic heterocycles. The maximum atomic E-state index is 12.0. The van der Waals surface area contributed by atoms with Crippen LogP contribution in [0.25, 0.3) is 0 Å². The second-order valence-corrected chi connectivity index (χ2v) is 5.39. The summed E-state index contributed by atoms with van der Waals surface area (Å²) in [6.45, 7) is 4.83. The number of rotatable bonds is 6. The number of hydrogen-bond donors (Lipinski definition) is 3. The molecule has 1 aromatic rings. The maximum absolute atomic E-state index is 12.0. The number of carbonyl (C=O) groups excluding carboxylic acids is 1. The first-order valence-electron chi connectivity index (χ1n) is 7.53. The van der Waals surface area contributed by atoms with E-state index < -0.39 is 0 Å². The Balaban J connectivity index is 1.97. The lowest BCUT2D eigenvalue weighted by Gasteiger charge is -2.23. The molecule has 0 saturated carbocycles. The van der Waals surface area contributed by atoms with E-state index in [-0.39, 0.29) is 18.0 Å². The van der Waals surface area contributed by atoms with Crippen LogP contribution in [0.5, 0.6) is 0 Å². The summed E-state index contributed by atoms with van der Waals surface area (Å²) in [6, 6.07) is 8.39. The zero-order valence-corrected chi connectivity index (χ0v) is 12.8. The molecule has 2 unspecified atom stereocenters. The number of methoxy groups -OCH3 is 1. The summed E-state index contributed by atoms with van der Waals surface area (Å²) in [6.07, 6.45) is 0.979. The molecule has 21 heavy (non-hydrogen) atoms. The van der Waals surface area contributed by atoms with Crippen LogP contribution in [0.3, 0.4) is 0 Å². The van der Waals surface area contributed by atoms with Gasteiger partial charge in [-0.1, -0.05) is 24.3 Å². The van der Waals surface area contributed by atoms with E-state index in [1.807, 2.05) is 6.92 Å². The normalized spacial score (nSPS) is 19.4. The van der Waals surface area contributed by atoms with Gasteiger partial charge in [0.25, 0.3) is 0 Å². The first kappa shape index (κ1) is 15.9. The fourth-order valence-corrected chi connectivity index (χ4v) is 2.64. The van der Waals surface area contributed by atoms with E-state index in [2.05, 4.69) is 40.2 Å². The van der Waals surface area contributed by atoms with Crippen LogP contribution in [-0.4, -0.2) is 38.8 Å². The van der Waals surface area contributed by atoms with Crippen molar-refractivity contribution in [1.82, 2.24) is 16.0 Å². The van der Waals surface area contributed by atoms with Crippen molar-refractivity contribution in [3.8, 4) is 0 Å². The highest BCUT2D eigenvalue weighted by atomic mass is 16.5. The molecule has 0 spiro atoms. The monoisotopic (exact) mass is 291 g/mol. The van der Waals surface area contributed by atoms with Crippen LogP contribution in [0.15, 0.2) is 24.3 Å². The van der Waals surface area contributed by atoms with Gasteiger partial charge in [-0.3, -0.25) is 10.1 Å². The largest absolute Gasteiger partial charge is 0.383 e. The zero-order chi connectivity index (χ0) is 15.1. The number of benzene rings is 1. The quantitative estimate of drug-likeness (QED) is 0.683. The van der Waals surface area contributed by atoms with Gasteiger partial charge >= 0.3 is 0 Å². The van der Waals surface area contributed by atoms with E-state index in [1.54, 1.807) is 7.11 Å². The Morgan fingerprint density at radius 3 is 3.10 bits per heavy atom. The topological polar surface area (TPSA) is 62.4 Å². The summed E-state index contributed by atoms with van der Waals surface area (Å²) < 4.78 is 4.94. The summed E-state index contributed by atoms with van der Waals surface area (Å²) >= 11 is 0. The molecule has 2 rings (SSSR count). The van der Waals surface area contributed by atoms with Crippen molar-refractivity contribution in [2.75, 3.05) is 26.8 Å². The van der Waals surface area contributed by atoms with Crippen molar-refractivity contribution >= 4 is 5.91 Å². The third-order valence-corrected chi connectivity index (χ3v) is 3.81. The Morgan fingerprint density at radius 1 is 1.48 bits per heavy atom. The SMILES string of the molecule is COCCNC(=O)C(C)NC1CCNCc2ccccc21. The van der Waals surface area contributed by atoms with Gasteiger partial charge in [0.05, 0.1) is 12.6 Å². The maximum Gasteiger partial charge on any atom is 0.236 e. The molecule has 1 heterocycles. The van der Waals surface area contributed by atoms with Crippen LogP contribution < -0.4 is 16.0 Å². The van der Waals surface area contributed by atoms with Gasteiger partial charge < -0.3 is 15.4 Å². The van der Waals surface area contributed by atoms with Crippen LogP contribution in [0, 0.1) is 0 Å². The van der Waals surface area contributed by atoms with Gasteiger partial charge in [-0.25, -0.2) is 0 Å². The zero-order valence-electron chi connectivity index (χ0n) is 12.8. The number of fused-ring (bicyclic) bond motifs is 1. The van der Waals surface area contributed by atoms with E-state index in [9.17, 15) is 4.79 Å². The van der Waals surface area contributed by atoms with Crippen molar-refractivity contribution < 1.29 is 9.53 Å². The summed E-state index contributed by atoms with van der Waals surface area (Å²) in [5.74, 6) is 0.0155. The van der Waals surface area contributed by atoms with E-state index in [4.69, 9.17) is 4.74 Å². The van der Waals surface area contributed by atoms with Gasteiger partial charge in [-0.15, -0.1) is 0 Å². The lowest BCUT2D eigenvalue weighted by molar-refractivity contribution is -0.123. The van der Waals surface area contributed by atoms with Gasteiger partial charge in [0.2, 0.25) is 5.91 Å². The van der Waals surface area contributed by atoms with E-state index >= 15 is 0 Å². The van der Waals surface area contributed by atoms with Crippen molar-refractivity contribution in [2.24, 2.45) is 0 Å². The van der Waals surface area contributed by atoms with Gasteiger partial charge in [0, 0.05) is 26.2 Å². The molecule has 0 fully saturated rings. The minimum Gasteiger partial charge on any atom is -0.383 e. The van der Waals surface area contributed by atoms with E-state index in [1.165, 1.54) is 11.1 Å². The molecule has 0 aliphatic carbocycles. The third-order valence-electron chi connectivity index (χ3n) is 3.81. The van der Waals surface area contributed by atoms with Crippen molar-refractivity contribution in [1.29, 1.82) is 0 Å². The fraction of sp³-hybridized carbons (Fsp3) is 0.562. The highest BCUT2D eigenvalue weighted by Gasteiger charge is 2.22. The molecule has 5 heteroatoms. The first-order valence-corrected chi connectivity index (χ1v) is 7.53. The van der Waals surface area contributed by atoms with E-state index in [0.29, 0.717) is 13.2 Å². The molecule has 0 radical (unpaired) electrons. The van der Waals surface area contributed by atoms with Crippen LogP contribution in [0.4, 0.5) is 0 Å². The Bertz CT molecular complexity index is 465. The number of ether oxygens (including phenoxy) is 1. The summed E-state index contributed by atoms with van der Waals surface area (Å²) in [5, 5.41) is 9.74. The predicted octanol–water partition coefficient (Wildman–Crippen LogP) is 0.962. The summed E-state index contributed by atoms with van der Waals surface area (Å²) in [4.78, 5) is 12.0. The van der Waals surface area contributed by atoms with Crippen LogP contribution in [0.2, 0.25) is 0 Å². The highest BCUT2D eigenvalue weighted by Crippen LogP contribution is 2.23. The predicted molar refractivity (Wildman–Crippen MR) is 83.0 cm³/mol. The molecule has 5 nitrogen and oxygen atoms in total. The van der Waals surface area contributed by atoms with Crippen LogP contribution in [-0.2, 0) is 16.1 Å². The number of carbonyl (C=O) groups is 1. The minimum absolute atomic E-state index is 0.0155. The van der Waals surface area contributed by atoms with Gasteiger partial charge in [0.1, 0.15) is 0 Å². The molecule has 1 aliphatic rings. The van der Waals surface area contributed by atoms with Gasteiger partial charge in [-0.05, 0) is 31.0 Å². The smallest absolute Gasteiger partial charge is 0.236 e. The molecule has 116 valence electrons. The molecular weight excluding hydrogens is 266 g/mol. The number of hydrogen-bond acceptors (Lipinski definition) is 4. The van der Waals surface area contributed by atoms with Crippen molar-refractivity contribution in [3.05, 3.63) is 35.4 Å². The molecular formula is C16H25N3O2. The van der Waals surface area contributed by atoms with Crippen molar-refractivity contribution in [3.63, 3.8) is 0 Å². The second-order valence-electron chi connectivity index (χ2n) is 5.39. The first-order chi connectivity index (χ1) is 10.2. The third kappa shape index (κ3) is 4.52. The Morgan fingerprint density at radius 2 is 2.29 bits per heavy atom. The molecule has 1 aromatic carbocycles. The molecule has 3 N–H and O–H groups in total. The Hall–Kier alpha value is -1.43. The Labute approximate surface area is 126 Å². The fourth-order valence-electron chi connectivity index (χ4n) is 2.64. The van der Waals surface area contributed by atoms with Gasteiger partial charge in [-0.2, -0.15) is 0 Å². The molecule has 0 saturated heterocycles. The average molecular weight is 291 g/mol. The minimum atomic E-state index is -0.224.